The SMILES string of the molecule is CC1CC(=O)C2(CCN(c3nc4c(cc3F)C=C(C(=O)O)CN4c3ccc(F)cc3)C2)C1=O. The first-order chi connectivity index (χ1) is 15.7. The number of hydrogen-bond donors (Lipinski definition) is 1. The first kappa shape index (κ1) is 21.2. The van der Waals surface area contributed by atoms with Crippen molar-refractivity contribution in [1.82, 2.24) is 4.98 Å². The molecule has 1 spiro atoms. The number of carboxylic acid groups (broad SMARTS) is 1. The summed E-state index contributed by atoms with van der Waals surface area (Å²) in [6.07, 6.45) is 1.89. The van der Waals surface area contributed by atoms with Crippen molar-refractivity contribution in [3.8, 4) is 0 Å². The summed E-state index contributed by atoms with van der Waals surface area (Å²) in [6.45, 7) is 2.08. The van der Waals surface area contributed by atoms with Crippen LogP contribution in [0, 0.1) is 23.0 Å². The van der Waals surface area contributed by atoms with Gasteiger partial charge < -0.3 is 14.9 Å². The summed E-state index contributed by atoms with van der Waals surface area (Å²) >= 11 is 0. The summed E-state index contributed by atoms with van der Waals surface area (Å²) in [5, 5.41) is 9.52. The van der Waals surface area contributed by atoms with Crippen molar-refractivity contribution in [3.63, 3.8) is 0 Å². The molecule has 1 aromatic carbocycles. The van der Waals surface area contributed by atoms with E-state index < -0.39 is 23.0 Å². The van der Waals surface area contributed by atoms with Crippen LogP contribution in [0.2, 0.25) is 0 Å². The van der Waals surface area contributed by atoms with Gasteiger partial charge in [0.2, 0.25) is 0 Å². The maximum absolute atomic E-state index is 15.2. The van der Waals surface area contributed by atoms with Crippen LogP contribution < -0.4 is 9.80 Å². The van der Waals surface area contributed by atoms with E-state index >= 15 is 4.39 Å². The zero-order valence-corrected chi connectivity index (χ0v) is 17.8. The van der Waals surface area contributed by atoms with Crippen LogP contribution in [0.3, 0.4) is 0 Å². The van der Waals surface area contributed by atoms with E-state index in [1.165, 1.54) is 36.4 Å². The molecule has 9 heteroatoms. The number of carbonyl (C=O) groups is 3. The van der Waals surface area contributed by atoms with E-state index in [-0.39, 0.29) is 53.9 Å². The molecule has 33 heavy (non-hydrogen) atoms. The lowest BCUT2D eigenvalue weighted by Crippen LogP contribution is -2.37. The van der Waals surface area contributed by atoms with E-state index in [0.29, 0.717) is 24.5 Å². The monoisotopic (exact) mass is 453 g/mol. The minimum atomic E-state index is -1.15. The van der Waals surface area contributed by atoms with Gasteiger partial charge in [-0.3, -0.25) is 9.59 Å². The van der Waals surface area contributed by atoms with Crippen LogP contribution in [0.4, 0.5) is 26.1 Å². The van der Waals surface area contributed by atoms with E-state index in [2.05, 4.69) is 4.98 Å². The van der Waals surface area contributed by atoms with Crippen molar-refractivity contribution in [1.29, 1.82) is 0 Å². The van der Waals surface area contributed by atoms with E-state index in [9.17, 15) is 23.9 Å². The largest absolute Gasteiger partial charge is 0.478 e. The summed E-state index contributed by atoms with van der Waals surface area (Å²) in [6, 6.07) is 6.71. The summed E-state index contributed by atoms with van der Waals surface area (Å²) in [5.41, 5.74) is -0.296. The van der Waals surface area contributed by atoms with Gasteiger partial charge >= 0.3 is 5.97 Å². The summed E-state index contributed by atoms with van der Waals surface area (Å²) in [4.78, 5) is 44.7. The highest BCUT2D eigenvalue weighted by Gasteiger charge is 2.56. The number of fused-ring (bicyclic) bond motifs is 1. The smallest absolute Gasteiger partial charge is 0.333 e. The number of rotatable bonds is 3. The van der Waals surface area contributed by atoms with Gasteiger partial charge in [0.05, 0.1) is 12.1 Å². The van der Waals surface area contributed by atoms with Gasteiger partial charge in [-0.15, -0.1) is 0 Å². The van der Waals surface area contributed by atoms with Crippen molar-refractivity contribution in [3.05, 3.63) is 53.1 Å². The molecule has 2 atom stereocenters. The number of hydrogen-bond acceptors (Lipinski definition) is 6. The zero-order valence-electron chi connectivity index (χ0n) is 17.8. The van der Waals surface area contributed by atoms with Gasteiger partial charge in [0.15, 0.2) is 17.4 Å². The molecule has 3 heterocycles. The second kappa shape index (κ2) is 7.47. The Balaban J connectivity index is 1.56. The molecule has 0 radical (unpaired) electrons. The van der Waals surface area contributed by atoms with Crippen LogP contribution in [0.15, 0.2) is 35.9 Å². The molecule has 2 aliphatic heterocycles. The average molecular weight is 453 g/mol. The molecule has 7 nitrogen and oxygen atoms in total. The molecule has 1 saturated carbocycles. The van der Waals surface area contributed by atoms with Crippen LogP contribution >= 0.6 is 0 Å². The van der Waals surface area contributed by atoms with Crippen molar-refractivity contribution in [2.24, 2.45) is 11.3 Å². The Kier molecular flexibility index (Phi) is 4.81. The number of pyridine rings is 1. The number of carboxylic acids is 1. The molecule has 0 amide bonds. The van der Waals surface area contributed by atoms with E-state index in [0.717, 1.165) is 0 Å². The number of Topliss-reactive ketones (excluding diaryl/α,β-unsaturated/α-hetero) is 2. The summed E-state index contributed by atoms with van der Waals surface area (Å²) in [7, 11) is 0. The molecule has 1 saturated heterocycles. The van der Waals surface area contributed by atoms with E-state index in [1.807, 2.05) is 0 Å². The quantitative estimate of drug-likeness (QED) is 0.713. The highest BCUT2D eigenvalue weighted by atomic mass is 19.1. The van der Waals surface area contributed by atoms with E-state index in [1.54, 1.807) is 16.7 Å². The molecule has 170 valence electrons. The number of ketones is 2. The van der Waals surface area contributed by atoms with Gasteiger partial charge in [0, 0.05) is 36.7 Å². The standard InChI is InChI=1S/C24H21F2N3O4/c1-13-8-19(30)24(20(13)31)6-7-28(12-24)22-18(26)10-14-9-15(23(32)33)11-29(21(14)27-22)17-4-2-16(25)3-5-17/h2-5,9-10,13H,6-8,11-12H2,1H3,(H,32,33). The molecule has 2 fully saturated rings. The minimum absolute atomic E-state index is 0.00469. The van der Waals surface area contributed by atoms with Gasteiger partial charge in [0.25, 0.3) is 0 Å². The van der Waals surface area contributed by atoms with Crippen molar-refractivity contribution in [2.45, 2.75) is 19.8 Å². The van der Waals surface area contributed by atoms with Crippen LogP contribution in [-0.2, 0) is 14.4 Å². The van der Waals surface area contributed by atoms with Crippen LogP contribution in [-0.4, -0.2) is 47.3 Å². The van der Waals surface area contributed by atoms with Gasteiger partial charge in [-0.2, -0.15) is 0 Å². The van der Waals surface area contributed by atoms with Gasteiger partial charge in [0.1, 0.15) is 22.8 Å². The third-order valence-corrected chi connectivity index (χ3v) is 6.81. The molecule has 2 unspecified atom stereocenters. The number of anilines is 3. The third kappa shape index (κ3) is 3.30. The van der Waals surface area contributed by atoms with Gasteiger partial charge in [-0.05, 0) is 42.8 Å². The maximum atomic E-state index is 15.2. The average Bonchev–Trinajstić information content (AvgIpc) is 3.31. The number of halogens is 2. The number of benzene rings is 1. The lowest BCUT2D eigenvalue weighted by atomic mass is 9.82. The van der Waals surface area contributed by atoms with Crippen molar-refractivity contribution in [2.75, 3.05) is 29.4 Å². The Labute approximate surface area is 188 Å². The number of carbonyl (C=O) groups excluding carboxylic acids is 2. The normalized spacial score (nSPS) is 24.5. The molecule has 1 aliphatic carbocycles. The van der Waals surface area contributed by atoms with Crippen LogP contribution in [0.1, 0.15) is 25.3 Å². The molecule has 1 N–H and O–H groups in total. The fourth-order valence-corrected chi connectivity index (χ4v) is 5.07. The molecule has 0 bridgehead atoms. The fourth-order valence-electron chi connectivity index (χ4n) is 5.07. The maximum Gasteiger partial charge on any atom is 0.333 e. The van der Waals surface area contributed by atoms with E-state index in [4.69, 9.17) is 0 Å². The molecule has 3 aliphatic rings. The lowest BCUT2D eigenvalue weighted by molar-refractivity contribution is -0.134. The first-order valence-corrected chi connectivity index (χ1v) is 10.7. The highest BCUT2D eigenvalue weighted by molar-refractivity contribution is 6.15. The molecular formula is C24H21F2N3O4. The zero-order chi connectivity index (χ0) is 23.5. The number of nitrogens with zero attached hydrogens (tertiary/aromatic N) is 3. The predicted molar refractivity (Wildman–Crippen MR) is 116 cm³/mol. The third-order valence-electron chi connectivity index (χ3n) is 6.81. The first-order valence-electron chi connectivity index (χ1n) is 10.7. The molecular weight excluding hydrogens is 432 g/mol. The van der Waals surface area contributed by atoms with Crippen molar-refractivity contribution >= 4 is 40.9 Å². The Morgan fingerprint density at radius 3 is 2.55 bits per heavy atom. The van der Waals surface area contributed by atoms with Crippen LogP contribution in [0.5, 0.6) is 0 Å². The Morgan fingerprint density at radius 1 is 1.18 bits per heavy atom. The molecule has 5 rings (SSSR count). The Hall–Kier alpha value is -3.62. The Morgan fingerprint density at radius 2 is 1.91 bits per heavy atom. The van der Waals surface area contributed by atoms with Crippen molar-refractivity contribution < 1.29 is 28.3 Å². The predicted octanol–water partition coefficient (Wildman–Crippen LogP) is 3.35. The number of aliphatic carboxylic acids is 1. The fraction of sp³-hybridized carbons (Fsp3) is 0.333. The highest BCUT2D eigenvalue weighted by Crippen LogP contribution is 2.45. The number of aromatic nitrogens is 1. The second-order valence-corrected chi connectivity index (χ2v) is 8.89. The lowest BCUT2D eigenvalue weighted by Gasteiger charge is -2.31. The van der Waals surface area contributed by atoms with Gasteiger partial charge in [-0.25, -0.2) is 18.6 Å². The summed E-state index contributed by atoms with van der Waals surface area (Å²) < 4.78 is 28.6. The van der Waals surface area contributed by atoms with Crippen LogP contribution in [0.25, 0.3) is 6.08 Å². The second-order valence-electron chi connectivity index (χ2n) is 8.89. The molecule has 2 aromatic rings. The Bertz CT molecular complexity index is 1230. The van der Waals surface area contributed by atoms with Gasteiger partial charge in [-0.1, -0.05) is 6.92 Å². The summed E-state index contributed by atoms with van der Waals surface area (Å²) in [5.74, 6) is -2.48. The molecule has 1 aromatic heterocycles. The topological polar surface area (TPSA) is 90.8 Å². The minimum Gasteiger partial charge on any atom is -0.478 e.